The van der Waals surface area contributed by atoms with Crippen molar-refractivity contribution in [2.45, 2.75) is 73.6 Å². The van der Waals surface area contributed by atoms with Crippen LogP contribution in [0.3, 0.4) is 0 Å². The molecule has 2 aliphatic rings. The molecule has 0 aromatic rings. The minimum absolute atomic E-state index is 0.591. The summed E-state index contributed by atoms with van der Waals surface area (Å²) in [6.45, 7) is -4.50. The minimum atomic E-state index is -4.82. The van der Waals surface area contributed by atoms with Crippen LogP contribution < -0.4 is 0 Å². The van der Waals surface area contributed by atoms with E-state index < -0.39 is 121 Å². The normalized spacial score (nSPS) is 40.2. The lowest BCUT2D eigenvalue weighted by atomic mass is 9.97. The molecule has 11 N–H and O–H groups in total. The Hall–Kier alpha value is -0.450. The van der Waals surface area contributed by atoms with E-state index in [1.54, 1.807) is 0 Å². The largest absolute Gasteiger partial charge is 0.472 e. The van der Waals surface area contributed by atoms with Crippen molar-refractivity contribution in [1.82, 2.24) is 0 Å². The van der Waals surface area contributed by atoms with Crippen molar-refractivity contribution in [2.24, 2.45) is 0 Å². The van der Waals surface area contributed by atoms with Gasteiger partial charge in [-0.05, 0) is 0 Å². The fraction of sp³-hybridized carbons (Fsp3) is 1.00. The van der Waals surface area contributed by atoms with Gasteiger partial charge >= 0.3 is 7.82 Å². The highest BCUT2D eigenvalue weighted by Gasteiger charge is 2.51. The van der Waals surface area contributed by atoms with Crippen molar-refractivity contribution in [3.63, 3.8) is 0 Å². The monoisotopic (exact) mass is 570 g/mol. The average Bonchev–Trinajstić information content (AvgIpc) is 2.88. The molecule has 3 unspecified atom stereocenters. The smallest absolute Gasteiger partial charge is 0.394 e. The van der Waals surface area contributed by atoms with Gasteiger partial charge < -0.3 is 74.9 Å². The molecule has 0 spiro atoms. The van der Waals surface area contributed by atoms with Crippen LogP contribution in [0.2, 0.25) is 0 Å². The van der Waals surface area contributed by atoms with Crippen molar-refractivity contribution in [3.05, 3.63) is 0 Å². The van der Waals surface area contributed by atoms with Crippen molar-refractivity contribution in [1.29, 1.82) is 0 Å². The van der Waals surface area contributed by atoms with Gasteiger partial charge in [-0.2, -0.15) is 0 Å². The fourth-order valence-corrected chi connectivity index (χ4v) is 4.12. The zero-order valence-electron chi connectivity index (χ0n) is 19.4. The lowest BCUT2D eigenvalue weighted by Crippen LogP contribution is -2.64. The van der Waals surface area contributed by atoms with Crippen LogP contribution in [0.4, 0.5) is 0 Å². The first-order valence-corrected chi connectivity index (χ1v) is 12.6. The van der Waals surface area contributed by atoms with Gasteiger partial charge in [0, 0.05) is 0 Å². The summed E-state index contributed by atoms with van der Waals surface area (Å²) < 4.78 is 42.6. The number of aliphatic hydroxyl groups excluding tert-OH is 10. The summed E-state index contributed by atoms with van der Waals surface area (Å²) in [5.74, 6) is 0. The molecule has 18 nitrogen and oxygen atoms in total. The lowest BCUT2D eigenvalue weighted by molar-refractivity contribution is -0.368. The molecular formula is C18H35O18P. The van der Waals surface area contributed by atoms with E-state index >= 15 is 0 Å². The van der Waals surface area contributed by atoms with E-state index in [9.17, 15) is 50.3 Å². The Morgan fingerprint density at radius 3 is 1.89 bits per heavy atom. The molecule has 0 aromatic heterocycles. The van der Waals surface area contributed by atoms with Crippen LogP contribution in [0.25, 0.3) is 0 Å². The Kier molecular flexibility index (Phi) is 13.1. The second kappa shape index (κ2) is 14.8. The molecule has 0 aromatic carbocycles. The molecule has 0 amide bonds. The molecule has 2 rings (SSSR count). The van der Waals surface area contributed by atoms with Gasteiger partial charge in [0.15, 0.2) is 12.6 Å². The number of phosphoric ester groups is 1. The summed E-state index contributed by atoms with van der Waals surface area (Å²) in [4.78, 5) is 9.70. The third-order valence-corrected chi connectivity index (χ3v) is 6.44. The maximum atomic E-state index is 12.0. The molecule has 2 saturated heterocycles. The Morgan fingerprint density at radius 2 is 1.30 bits per heavy atom. The minimum Gasteiger partial charge on any atom is -0.394 e. The van der Waals surface area contributed by atoms with Crippen LogP contribution in [0.15, 0.2) is 0 Å². The van der Waals surface area contributed by atoms with E-state index in [2.05, 4.69) is 4.52 Å². The quantitative estimate of drug-likeness (QED) is 0.0865. The summed E-state index contributed by atoms with van der Waals surface area (Å²) in [5, 5.41) is 97.1. The predicted octanol–water partition coefficient (Wildman–Crippen LogP) is -6.53. The number of rotatable bonds is 14. The molecule has 220 valence electrons. The van der Waals surface area contributed by atoms with Crippen LogP contribution in [0, 0.1) is 0 Å². The summed E-state index contributed by atoms with van der Waals surface area (Å²) in [5.41, 5.74) is 0. The lowest BCUT2D eigenvalue weighted by Gasteiger charge is -2.46. The van der Waals surface area contributed by atoms with Gasteiger partial charge in [0.05, 0.1) is 39.6 Å². The Balaban J connectivity index is 2.13. The van der Waals surface area contributed by atoms with Gasteiger partial charge in [-0.25, -0.2) is 4.57 Å². The zero-order chi connectivity index (χ0) is 27.9. The molecule has 0 aliphatic carbocycles. The van der Waals surface area contributed by atoms with Crippen LogP contribution >= 0.6 is 7.82 Å². The van der Waals surface area contributed by atoms with Gasteiger partial charge in [-0.3, -0.25) is 9.05 Å². The molecule has 0 radical (unpaired) electrons. The van der Waals surface area contributed by atoms with E-state index in [4.69, 9.17) is 33.7 Å². The molecule has 19 heteroatoms. The molecule has 2 heterocycles. The first kappa shape index (κ1) is 32.8. The molecular weight excluding hydrogens is 535 g/mol. The topological polar surface area (TPSA) is 295 Å². The summed E-state index contributed by atoms with van der Waals surface area (Å²) >= 11 is 0. The van der Waals surface area contributed by atoms with E-state index in [0.717, 1.165) is 0 Å². The van der Waals surface area contributed by atoms with Gasteiger partial charge in [-0.1, -0.05) is 0 Å². The third-order valence-electron chi connectivity index (χ3n) is 5.49. The number of phosphoric acid groups is 1. The highest BCUT2D eigenvalue weighted by atomic mass is 31.2. The fourth-order valence-electron chi connectivity index (χ4n) is 3.35. The second-order valence-electron chi connectivity index (χ2n) is 8.39. The first-order valence-electron chi connectivity index (χ1n) is 11.1. The van der Waals surface area contributed by atoms with Crippen molar-refractivity contribution in [2.75, 3.05) is 39.6 Å². The molecule has 0 bridgehead atoms. The average molecular weight is 570 g/mol. The predicted molar refractivity (Wildman–Crippen MR) is 113 cm³/mol. The highest BCUT2D eigenvalue weighted by Crippen LogP contribution is 2.44. The van der Waals surface area contributed by atoms with Gasteiger partial charge in [0.1, 0.15) is 61.0 Å². The first-order chi connectivity index (χ1) is 17.3. The Bertz CT molecular complexity index is 714. The third kappa shape index (κ3) is 9.04. The molecule has 0 saturated carbocycles. The van der Waals surface area contributed by atoms with E-state index in [0.29, 0.717) is 0 Å². The Labute approximate surface area is 210 Å². The SMILES string of the molecule is O=P(O)(OCC(O)CO)OC[C@H]1O[C@H](OCC(O)CO)[C@H](O[C@H]2O[C@H](CO)[C@@H](O)[C@H](O)[C@H]2O)[C@@H](O)[C@@H]1O. The van der Waals surface area contributed by atoms with Crippen LogP contribution in [-0.4, -0.2) is 169 Å². The van der Waals surface area contributed by atoms with Crippen LogP contribution in [-0.2, 0) is 32.6 Å². The van der Waals surface area contributed by atoms with Gasteiger partial charge in [-0.15, -0.1) is 0 Å². The highest BCUT2D eigenvalue weighted by molar-refractivity contribution is 7.47. The number of hydrogen-bond acceptors (Lipinski definition) is 17. The summed E-state index contributed by atoms with van der Waals surface area (Å²) in [6, 6.07) is 0. The summed E-state index contributed by atoms with van der Waals surface area (Å²) in [6.07, 6.45) is -20.3. The van der Waals surface area contributed by atoms with Crippen LogP contribution in [0.5, 0.6) is 0 Å². The van der Waals surface area contributed by atoms with E-state index in [1.807, 2.05) is 0 Å². The molecule has 2 aliphatic heterocycles. The van der Waals surface area contributed by atoms with Crippen LogP contribution in [0.1, 0.15) is 0 Å². The number of hydrogen-bond donors (Lipinski definition) is 11. The van der Waals surface area contributed by atoms with Crippen molar-refractivity contribution in [3.8, 4) is 0 Å². The Morgan fingerprint density at radius 1 is 0.730 bits per heavy atom. The maximum absolute atomic E-state index is 12.0. The number of aliphatic hydroxyl groups is 10. The van der Waals surface area contributed by atoms with Crippen molar-refractivity contribution >= 4 is 7.82 Å². The molecule has 13 atom stereocenters. The van der Waals surface area contributed by atoms with E-state index in [-0.39, 0.29) is 0 Å². The standard InChI is InChI=1S/C18H35O18P/c19-1-7(22)4-31-18-16(36-17-15(28)13(26)11(24)9(3-21)34-17)14(27)12(25)10(35-18)6-33-37(29,30)32-5-8(23)2-20/h7-28H,1-6H2,(H,29,30)/t7?,8?,9-,10-,11-,12-,13+,14+,15-,16-,17-,18+/m1/s1. The van der Waals surface area contributed by atoms with Crippen molar-refractivity contribution < 1.29 is 88.5 Å². The number of ether oxygens (including phenoxy) is 4. The zero-order valence-corrected chi connectivity index (χ0v) is 20.3. The maximum Gasteiger partial charge on any atom is 0.472 e. The van der Waals surface area contributed by atoms with Gasteiger partial charge in [0.25, 0.3) is 0 Å². The second-order valence-corrected chi connectivity index (χ2v) is 9.84. The van der Waals surface area contributed by atoms with Gasteiger partial charge in [0.2, 0.25) is 0 Å². The van der Waals surface area contributed by atoms with E-state index in [1.165, 1.54) is 0 Å². The molecule has 2 fully saturated rings. The molecule has 37 heavy (non-hydrogen) atoms. The summed E-state index contributed by atoms with van der Waals surface area (Å²) in [7, 11) is -4.82.